The van der Waals surface area contributed by atoms with E-state index in [9.17, 15) is 13.2 Å². The van der Waals surface area contributed by atoms with Gasteiger partial charge in [0.05, 0.1) is 5.92 Å². The molecule has 0 amide bonds. The van der Waals surface area contributed by atoms with Crippen LogP contribution in [0.2, 0.25) is 0 Å². The van der Waals surface area contributed by atoms with Crippen LogP contribution in [0.3, 0.4) is 0 Å². The quantitative estimate of drug-likeness (QED) is 0.549. The molecule has 0 bridgehead atoms. The summed E-state index contributed by atoms with van der Waals surface area (Å²) < 4.78 is 38.4. The van der Waals surface area contributed by atoms with Crippen molar-refractivity contribution in [3.05, 3.63) is 0 Å². The third-order valence-electron chi connectivity index (χ3n) is 1.34. The van der Waals surface area contributed by atoms with Crippen LogP contribution in [0, 0.1) is 5.92 Å². The van der Waals surface area contributed by atoms with Crippen LogP contribution < -0.4 is 0 Å². The summed E-state index contributed by atoms with van der Waals surface area (Å²) >= 11 is -0.392. The van der Waals surface area contributed by atoms with E-state index in [4.69, 9.17) is 0 Å². The highest BCUT2D eigenvalue weighted by Crippen LogP contribution is 2.29. The summed E-state index contributed by atoms with van der Waals surface area (Å²) in [6.07, 6.45) is -3.85. The normalized spacial score (nSPS) is 16.6. The highest BCUT2D eigenvalue weighted by Gasteiger charge is 2.36. The van der Waals surface area contributed by atoms with Crippen LogP contribution in [0.4, 0.5) is 13.2 Å². The Balaban J connectivity index is 4.18. The number of hydrogen-bond donors (Lipinski definition) is 0. The van der Waals surface area contributed by atoms with Gasteiger partial charge in [-0.1, -0.05) is 20.8 Å². The van der Waals surface area contributed by atoms with Gasteiger partial charge >= 0.3 is 6.18 Å². The van der Waals surface area contributed by atoms with Gasteiger partial charge < -0.3 is 0 Å². The van der Waals surface area contributed by atoms with Crippen molar-refractivity contribution in [3.63, 3.8) is 0 Å². The molecule has 0 aliphatic carbocycles. The van der Waals surface area contributed by atoms with Crippen molar-refractivity contribution in [1.82, 2.24) is 0 Å². The van der Waals surface area contributed by atoms with E-state index in [-0.39, 0.29) is 6.42 Å². The molecule has 0 aliphatic rings. The first kappa shape index (κ1) is 12.4. The highest BCUT2D eigenvalue weighted by molar-refractivity contribution is 14.2. The Morgan fingerprint density at radius 2 is 1.83 bits per heavy atom. The van der Waals surface area contributed by atoms with Crippen LogP contribution >= 0.6 is 20.7 Å². The van der Waals surface area contributed by atoms with E-state index >= 15 is 0 Å². The van der Waals surface area contributed by atoms with E-state index in [0.717, 1.165) is 0 Å². The molecule has 0 aromatic heterocycles. The molecule has 0 nitrogen and oxygen atoms in total. The lowest BCUT2D eigenvalue weighted by Gasteiger charge is -2.14. The van der Waals surface area contributed by atoms with E-state index in [2.05, 4.69) is 0 Å². The van der Waals surface area contributed by atoms with Gasteiger partial charge in [-0.3, -0.25) is 0 Å². The van der Waals surface area contributed by atoms with Gasteiger partial charge in [-0.2, -0.15) is 13.2 Å². The monoisotopic (exact) mass is 294 g/mol. The van der Waals surface area contributed by atoms with Crippen molar-refractivity contribution in [2.24, 2.45) is 5.92 Å². The zero-order valence-corrected chi connectivity index (χ0v) is 9.61. The summed E-state index contributed by atoms with van der Waals surface area (Å²) in [7, 11) is 0. The van der Waals surface area contributed by atoms with E-state index in [1.807, 2.05) is 13.8 Å². The summed E-state index contributed by atoms with van der Waals surface area (Å²) in [4.78, 5) is 0. The SMILES string of the molecule is CCC(C=IC(C)C)C(F)(F)F. The molecule has 0 rings (SSSR count). The molecule has 0 spiro atoms. The molecule has 0 radical (unpaired) electrons. The maximum atomic E-state index is 12.2. The second kappa shape index (κ2) is 5.19. The molecule has 74 valence electrons. The van der Waals surface area contributed by atoms with Gasteiger partial charge in [-0.05, 0) is 10.4 Å². The standard InChI is InChI=1S/C8H14F3I/c1-4-7(8(9,10)11)5-12-6(2)3/h5-7H,4H2,1-3H3. The molecule has 0 aliphatic heterocycles. The lowest BCUT2D eigenvalue weighted by atomic mass is 10.1. The van der Waals surface area contributed by atoms with Gasteiger partial charge in [0.15, 0.2) is 0 Å². The topological polar surface area (TPSA) is 0 Å². The Labute approximate surface area is 81.3 Å². The Hall–Kier alpha value is 0.390. The Morgan fingerprint density at radius 3 is 2.08 bits per heavy atom. The number of rotatable bonds is 3. The Bertz CT molecular complexity index is 149. The molecule has 0 saturated heterocycles. The van der Waals surface area contributed by atoms with Crippen molar-refractivity contribution >= 4 is 24.7 Å². The molecule has 1 atom stereocenters. The average Bonchev–Trinajstić information content (AvgIpc) is 1.85. The first-order valence-electron chi connectivity index (χ1n) is 3.90. The van der Waals surface area contributed by atoms with Crippen molar-refractivity contribution in [3.8, 4) is 0 Å². The van der Waals surface area contributed by atoms with Crippen molar-refractivity contribution in [1.29, 1.82) is 0 Å². The Kier molecular flexibility index (Phi) is 5.36. The zero-order chi connectivity index (χ0) is 9.78. The van der Waals surface area contributed by atoms with E-state index in [0.29, 0.717) is 3.92 Å². The lowest BCUT2D eigenvalue weighted by Crippen LogP contribution is -2.22. The lowest BCUT2D eigenvalue weighted by molar-refractivity contribution is -0.154. The van der Waals surface area contributed by atoms with Crippen LogP contribution in [0.15, 0.2) is 0 Å². The minimum absolute atomic E-state index is 0.177. The molecule has 0 saturated carbocycles. The van der Waals surface area contributed by atoms with Crippen LogP contribution in [-0.4, -0.2) is 14.1 Å². The first-order valence-corrected chi connectivity index (χ1v) is 6.39. The molecule has 1 unspecified atom stereocenters. The molecular formula is C8H14F3I. The second-order valence-electron chi connectivity index (χ2n) is 2.82. The fourth-order valence-corrected chi connectivity index (χ4v) is 2.87. The van der Waals surface area contributed by atoms with Gasteiger partial charge in [-0.25, -0.2) is 0 Å². The van der Waals surface area contributed by atoms with Gasteiger partial charge in [0.2, 0.25) is 0 Å². The number of hydrogen-bond acceptors (Lipinski definition) is 0. The molecule has 0 N–H and O–H groups in total. The van der Waals surface area contributed by atoms with Gasteiger partial charge in [0.1, 0.15) is 0 Å². The van der Waals surface area contributed by atoms with E-state index in [1.165, 1.54) is 4.01 Å². The maximum absolute atomic E-state index is 12.2. The molecule has 0 fully saturated rings. The van der Waals surface area contributed by atoms with E-state index < -0.39 is 32.8 Å². The van der Waals surface area contributed by atoms with Crippen molar-refractivity contribution < 1.29 is 13.2 Å². The molecule has 12 heavy (non-hydrogen) atoms. The van der Waals surface area contributed by atoms with E-state index in [1.54, 1.807) is 6.92 Å². The molecular weight excluding hydrogens is 280 g/mol. The average molecular weight is 294 g/mol. The van der Waals surface area contributed by atoms with Gasteiger partial charge in [-0.15, -0.1) is 20.7 Å². The van der Waals surface area contributed by atoms with Crippen LogP contribution in [0.1, 0.15) is 27.2 Å². The summed E-state index contributed by atoms with van der Waals surface area (Å²) in [5, 5.41) is 0. The van der Waals surface area contributed by atoms with Gasteiger partial charge in [0, 0.05) is 3.92 Å². The third kappa shape index (κ3) is 5.11. The molecule has 0 aromatic carbocycles. The number of halogens is 4. The minimum Gasteiger partial charge on any atom is -0.170 e. The maximum Gasteiger partial charge on any atom is 0.395 e. The van der Waals surface area contributed by atoms with Crippen LogP contribution in [-0.2, 0) is 0 Å². The summed E-state index contributed by atoms with van der Waals surface area (Å²) in [6.45, 7) is 5.51. The fraction of sp³-hybridized carbons (Fsp3) is 0.875. The zero-order valence-electron chi connectivity index (χ0n) is 7.45. The van der Waals surface area contributed by atoms with Crippen LogP contribution in [0.5, 0.6) is 0 Å². The molecule has 0 aromatic rings. The largest absolute Gasteiger partial charge is 0.395 e. The molecule has 4 heteroatoms. The predicted molar refractivity (Wildman–Crippen MR) is 55.1 cm³/mol. The fourth-order valence-electron chi connectivity index (χ4n) is 0.625. The first-order chi connectivity index (χ1) is 5.38. The Morgan fingerprint density at radius 1 is 1.33 bits per heavy atom. The number of alkyl halides is 4. The highest BCUT2D eigenvalue weighted by atomic mass is 127. The summed E-state index contributed by atoms with van der Waals surface area (Å²) in [5.41, 5.74) is 0. The second-order valence-corrected chi connectivity index (χ2v) is 6.75. The van der Waals surface area contributed by atoms with Gasteiger partial charge in [0.25, 0.3) is 0 Å². The summed E-state index contributed by atoms with van der Waals surface area (Å²) in [5.74, 6) is -1.17. The third-order valence-corrected chi connectivity index (χ3v) is 4.06. The minimum atomic E-state index is -4.02. The predicted octanol–water partition coefficient (Wildman–Crippen LogP) is 3.76. The smallest absolute Gasteiger partial charge is 0.170 e. The molecule has 0 heterocycles. The van der Waals surface area contributed by atoms with Crippen LogP contribution in [0.25, 0.3) is 0 Å². The van der Waals surface area contributed by atoms with Crippen molar-refractivity contribution in [2.75, 3.05) is 0 Å². The van der Waals surface area contributed by atoms with Crippen molar-refractivity contribution in [2.45, 2.75) is 37.3 Å². The summed E-state index contributed by atoms with van der Waals surface area (Å²) in [6, 6.07) is 0.